The van der Waals surface area contributed by atoms with Crippen molar-refractivity contribution in [3.05, 3.63) is 57.2 Å². The Kier molecular flexibility index (Phi) is 4.18. The van der Waals surface area contributed by atoms with Crippen molar-refractivity contribution in [3.63, 3.8) is 0 Å². The summed E-state index contributed by atoms with van der Waals surface area (Å²) in [6.45, 7) is 0.475. The van der Waals surface area contributed by atoms with E-state index in [2.05, 4.69) is 5.32 Å². The fourth-order valence-corrected chi connectivity index (χ4v) is 2.35. The minimum atomic E-state index is 0.0170. The van der Waals surface area contributed by atoms with Gasteiger partial charge in [0.25, 0.3) is 0 Å². The molecule has 2 aromatic rings. The van der Waals surface area contributed by atoms with Crippen molar-refractivity contribution in [1.82, 2.24) is 5.32 Å². The summed E-state index contributed by atoms with van der Waals surface area (Å²) in [4.78, 5) is 11.6. The standard InChI is InChI=1S/C13H12ClNOS/c14-12-4-2-1-3-11(12)8-15-13(16)7-10-5-6-17-9-10/h1-6,9H,7-8H2,(H,15,16). The molecule has 0 bridgehead atoms. The average molecular weight is 266 g/mol. The summed E-state index contributed by atoms with van der Waals surface area (Å²) in [6.07, 6.45) is 0.425. The predicted molar refractivity (Wildman–Crippen MR) is 71.3 cm³/mol. The van der Waals surface area contributed by atoms with E-state index in [1.165, 1.54) is 0 Å². The van der Waals surface area contributed by atoms with Crippen LogP contribution in [0.5, 0.6) is 0 Å². The van der Waals surface area contributed by atoms with Crippen LogP contribution >= 0.6 is 22.9 Å². The molecule has 0 aliphatic carbocycles. The highest BCUT2D eigenvalue weighted by molar-refractivity contribution is 7.07. The van der Waals surface area contributed by atoms with Crippen LogP contribution in [0.1, 0.15) is 11.1 Å². The third-order valence-electron chi connectivity index (χ3n) is 2.38. The van der Waals surface area contributed by atoms with Gasteiger partial charge in [-0.05, 0) is 34.0 Å². The van der Waals surface area contributed by atoms with Crippen LogP contribution in [-0.4, -0.2) is 5.91 Å². The van der Waals surface area contributed by atoms with E-state index in [9.17, 15) is 4.79 Å². The molecule has 4 heteroatoms. The summed E-state index contributed by atoms with van der Waals surface area (Å²) in [5.74, 6) is 0.0170. The smallest absolute Gasteiger partial charge is 0.224 e. The molecule has 1 amide bonds. The second kappa shape index (κ2) is 5.84. The number of thiophene rings is 1. The van der Waals surface area contributed by atoms with E-state index in [1.54, 1.807) is 11.3 Å². The summed E-state index contributed by atoms with van der Waals surface area (Å²) in [5, 5.41) is 7.49. The van der Waals surface area contributed by atoms with Crippen LogP contribution in [0.4, 0.5) is 0 Å². The number of hydrogen-bond acceptors (Lipinski definition) is 2. The molecular formula is C13H12ClNOS. The Hall–Kier alpha value is -1.32. The summed E-state index contributed by atoms with van der Waals surface area (Å²) < 4.78 is 0. The van der Waals surface area contributed by atoms with Crippen molar-refractivity contribution in [2.24, 2.45) is 0 Å². The second-order valence-electron chi connectivity index (χ2n) is 3.68. The lowest BCUT2D eigenvalue weighted by Crippen LogP contribution is -2.24. The summed E-state index contributed by atoms with van der Waals surface area (Å²) in [5.41, 5.74) is 1.99. The lowest BCUT2D eigenvalue weighted by Gasteiger charge is -2.06. The first kappa shape index (κ1) is 12.1. The first-order valence-electron chi connectivity index (χ1n) is 5.27. The molecule has 0 atom stereocenters. The quantitative estimate of drug-likeness (QED) is 0.903. The van der Waals surface area contributed by atoms with E-state index in [0.717, 1.165) is 11.1 Å². The minimum Gasteiger partial charge on any atom is -0.352 e. The molecule has 0 aliphatic heterocycles. The van der Waals surface area contributed by atoms with Crippen molar-refractivity contribution < 1.29 is 4.79 Å². The van der Waals surface area contributed by atoms with Crippen LogP contribution in [0.15, 0.2) is 41.1 Å². The van der Waals surface area contributed by atoms with Crippen LogP contribution in [-0.2, 0) is 17.8 Å². The van der Waals surface area contributed by atoms with Gasteiger partial charge in [0.05, 0.1) is 6.42 Å². The van der Waals surface area contributed by atoms with Gasteiger partial charge >= 0.3 is 0 Å². The topological polar surface area (TPSA) is 29.1 Å². The number of rotatable bonds is 4. The van der Waals surface area contributed by atoms with Gasteiger partial charge in [-0.1, -0.05) is 29.8 Å². The number of amides is 1. The lowest BCUT2D eigenvalue weighted by atomic mass is 10.2. The molecule has 0 aliphatic rings. The van der Waals surface area contributed by atoms with Gasteiger partial charge in [-0.25, -0.2) is 0 Å². The molecule has 0 fully saturated rings. The van der Waals surface area contributed by atoms with Crippen molar-refractivity contribution in [2.75, 3.05) is 0 Å². The molecule has 1 aromatic carbocycles. The molecule has 1 N–H and O–H groups in total. The Morgan fingerprint density at radius 3 is 2.82 bits per heavy atom. The molecule has 0 saturated heterocycles. The molecule has 17 heavy (non-hydrogen) atoms. The first-order valence-corrected chi connectivity index (χ1v) is 6.59. The highest BCUT2D eigenvalue weighted by Gasteiger charge is 2.04. The number of nitrogens with one attached hydrogen (secondary N) is 1. The van der Waals surface area contributed by atoms with E-state index in [4.69, 9.17) is 11.6 Å². The first-order chi connectivity index (χ1) is 8.25. The van der Waals surface area contributed by atoms with E-state index in [0.29, 0.717) is 18.0 Å². The zero-order valence-electron chi connectivity index (χ0n) is 9.15. The van der Waals surface area contributed by atoms with Gasteiger partial charge in [0.15, 0.2) is 0 Å². The molecule has 0 saturated carbocycles. The van der Waals surface area contributed by atoms with Gasteiger partial charge in [0.1, 0.15) is 0 Å². The third-order valence-corrected chi connectivity index (χ3v) is 3.48. The van der Waals surface area contributed by atoms with Gasteiger partial charge in [-0.15, -0.1) is 0 Å². The zero-order valence-corrected chi connectivity index (χ0v) is 10.7. The summed E-state index contributed by atoms with van der Waals surface area (Å²) >= 11 is 7.60. The number of carbonyl (C=O) groups is 1. The van der Waals surface area contributed by atoms with Gasteiger partial charge in [0.2, 0.25) is 5.91 Å². The highest BCUT2D eigenvalue weighted by atomic mass is 35.5. The molecule has 2 rings (SSSR count). The van der Waals surface area contributed by atoms with Crippen LogP contribution in [0.3, 0.4) is 0 Å². The number of carbonyl (C=O) groups excluding carboxylic acids is 1. The number of halogens is 1. The van der Waals surface area contributed by atoms with Crippen molar-refractivity contribution in [1.29, 1.82) is 0 Å². The van der Waals surface area contributed by atoms with Crippen LogP contribution in [0, 0.1) is 0 Å². The number of hydrogen-bond donors (Lipinski definition) is 1. The largest absolute Gasteiger partial charge is 0.352 e. The second-order valence-corrected chi connectivity index (χ2v) is 4.86. The molecule has 2 nitrogen and oxygen atoms in total. The Morgan fingerprint density at radius 2 is 2.12 bits per heavy atom. The normalized spacial score (nSPS) is 10.2. The van der Waals surface area contributed by atoms with Gasteiger partial charge in [-0.2, -0.15) is 11.3 Å². The van der Waals surface area contributed by atoms with Gasteiger partial charge in [-0.3, -0.25) is 4.79 Å². The fraction of sp³-hybridized carbons (Fsp3) is 0.154. The van der Waals surface area contributed by atoms with E-state index in [-0.39, 0.29) is 5.91 Å². The van der Waals surface area contributed by atoms with Crippen molar-refractivity contribution >= 4 is 28.8 Å². The Labute approximate surface area is 109 Å². The van der Waals surface area contributed by atoms with Gasteiger partial charge in [0, 0.05) is 11.6 Å². The van der Waals surface area contributed by atoms with Crippen molar-refractivity contribution in [3.8, 4) is 0 Å². The molecule has 0 spiro atoms. The Balaban J connectivity index is 1.86. The molecule has 88 valence electrons. The van der Waals surface area contributed by atoms with E-state index < -0.39 is 0 Å². The maximum absolute atomic E-state index is 11.6. The highest BCUT2D eigenvalue weighted by Crippen LogP contribution is 2.14. The zero-order chi connectivity index (χ0) is 12.1. The number of benzene rings is 1. The van der Waals surface area contributed by atoms with Crippen LogP contribution in [0.25, 0.3) is 0 Å². The maximum Gasteiger partial charge on any atom is 0.224 e. The van der Waals surface area contributed by atoms with E-state index >= 15 is 0 Å². The molecule has 0 unspecified atom stereocenters. The molecule has 1 heterocycles. The fourth-order valence-electron chi connectivity index (χ4n) is 1.48. The predicted octanol–water partition coefficient (Wildman–Crippen LogP) is 3.26. The minimum absolute atomic E-state index is 0.0170. The molecular weight excluding hydrogens is 254 g/mol. The van der Waals surface area contributed by atoms with Gasteiger partial charge < -0.3 is 5.32 Å². The Bertz CT molecular complexity index is 496. The maximum atomic E-state index is 11.6. The van der Waals surface area contributed by atoms with Crippen molar-refractivity contribution in [2.45, 2.75) is 13.0 Å². The van der Waals surface area contributed by atoms with Crippen LogP contribution in [0.2, 0.25) is 5.02 Å². The summed E-state index contributed by atoms with van der Waals surface area (Å²) in [7, 11) is 0. The molecule has 1 aromatic heterocycles. The lowest BCUT2D eigenvalue weighted by molar-refractivity contribution is -0.120. The van der Waals surface area contributed by atoms with E-state index in [1.807, 2.05) is 41.1 Å². The third kappa shape index (κ3) is 3.58. The molecule has 0 radical (unpaired) electrons. The van der Waals surface area contributed by atoms with Crippen LogP contribution < -0.4 is 5.32 Å². The Morgan fingerprint density at radius 1 is 1.29 bits per heavy atom. The monoisotopic (exact) mass is 265 g/mol. The summed E-state index contributed by atoms with van der Waals surface area (Å²) in [6, 6.07) is 9.47. The SMILES string of the molecule is O=C(Cc1ccsc1)NCc1ccccc1Cl. The average Bonchev–Trinajstić information content (AvgIpc) is 2.81.